The molecule has 0 fully saturated rings. The van der Waals surface area contributed by atoms with Crippen LogP contribution in [-0.4, -0.2) is 26.3 Å². The lowest BCUT2D eigenvalue weighted by molar-refractivity contribution is -0.105. The minimum atomic E-state index is 0.209. The Kier molecular flexibility index (Phi) is 9.75. The van der Waals surface area contributed by atoms with Gasteiger partial charge in [-0.15, -0.1) is 0 Å². The highest BCUT2D eigenvalue weighted by molar-refractivity contribution is 7.97. The Balaban J connectivity index is 0.000000303. The molecule has 1 amide bonds. The van der Waals surface area contributed by atoms with Crippen LogP contribution in [0.25, 0.3) is 0 Å². The summed E-state index contributed by atoms with van der Waals surface area (Å²) in [6.45, 7) is 2.04. The van der Waals surface area contributed by atoms with Crippen molar-refractivity contribution in [1.29, 1.82) is 5.41 Å². The minimum absolute atomic E-state index is 0.209. The summed E-state index contributed by atoms with van der Waals surface area (Å²) in [5, 5.41) is 16.4. The zero-order valence-corrected chi connectivity index (χ0v) is 19.1. The first-order valence-electron chi connectivity index (χ1n) is 9.76. The molecule has 0 bridgehead atoms. The third-order valence-corrected chi connectivity index (χ3v) is 5.26. The van der Waals surface area contributed by atoms with Crippen LogP contribution in [0.3, 0.4) is 0 Å². The molecule has 32 heavy (non-hydrogen) atoms. The molecule has 3 aromatic carbocycles. The first kappa shape index (κ1) is 24.9. The Morgan fingerprint density at radius 3 is 2.41 bits per heavy atom. The van der Waals surface area contributed by atoms with Gasteiger partial charge in [-0.25, -0.2) is 0 Å². The van der Waals surface area contributed by atoms with Gasteiger partial charge in [-0.1, -0.05) is 42.5 Å². The van der Waals surface area contributed by atoms with Gasteiger partial charge in [0.05, 0.1) is 24.6 Å². The van der Waals surface area contributed by atoms with Gasteiger partial charge in [0.15, 0.2) is 0 Å². The van der Waals surface area contributed by atoms with Gasteiger partial charge < -0.3 is 20.5 Å². The normalized spacial score (nSPS) is 11.0. The van der Waals surface area contributed by atoms with E-state index >= 15 is 0 Å². The van der Waals surface area contributed by atoms with E-state index < -0.39 is 0 Å². The maximum Gasteiger partial charge on any atom is 0.211 e. The summed E-state index contributed by atoms with van der Waals surface area (Å²) < 4.78 is 10.3. The molecule has 0 radical (unpaired) electrons. The fourth-order valence-corrected chi connectivity index (χ4v) is 3.25. The molecule has 8 heteroatoms. The van der Waals surface area contributed by atoms with Gasteiger partial charge in [-0.2, -0.15) is 0 Å². The van der Waals surface area contributed by atoms with Crippen molar-refractivity contribution in [2.75, 3.05) is 25.3 Å². The number of benzene rings is 3. The van der Waals surface area contributed by atoms with Crippen LogP contribution in [0.5, 0.6) is 5.75 Å². The number of ether oxygens (including phenoxy) is 2. The van der Waals surface area contributed by atoms with Gasteiger partial charge in [0.1, 0.15) is 5.75 Å². The lowest BCUT2D eigenvalue weighted by Gasteiger charge is -2.14. The number of methoxy groups -OCH3 is 2. The van der Waals surface area contributed by atoms with E-state index in [4.69, 9.17) is 25.8 Å². The standard InChI is InChI=1S/C15H16N4O2S.C9H12O/c1-21-14-7-12(16)11(6-13(14)19-8-20)15(17)9-3-2-4-10(5-9)22-18;1-8(10-2)9-6-4-3-5-7-9/h2-8,17H,16,18H2,1H3,(H,19,20);3-8H,1-2H3. The molecule has 0 aromatic heterocycles. The fourth-order valence-electron chi connectivity index (χ4n) is 2.90. The molecule has 0 saturated heterocycles. The van der Waals surface area contributed by atoms with Crippen LogP contribution in [0.1, 0.15) is 29.7 Å². The summed E-state index contributed by atoms with van der Waals surface area (Å²) in [7, 11) is 3.20. The number of nitrogen functional groups attached to an aromatic ring is 1. The number of rotatable bonds is 8. The molecule has 168 valence electrons. The van der Waals surface area contributed by atoms with Crippen LogP contribution in [0, 0.1) is 5.41 Å². The molecular formula is C24H28N4O3S. The highest BCUT2D eigenvalue weighted by atomic mass is 32.2. The topological polar surface area (TPSA) is 123 Å². The molecule has 0 aliphatic carbocycles. The summed E-state index contributed by atoms with van der Waals surface area (Å²) in [6.07, 6.45) is 0.758. The molecule has 3 aromatic rings. The molecule has 0 saturated carbocycles. The second kappa shape index (κ2) is 12.5. The van der Waals surface area contributed by atoms with Crippen molar-refractivity contribution in [3.63, 3.8) is 0 Å². The van der Waals surface area contributed by atoms with E-state index in [0.717, 1.165) is 16.8 Å². The van der Waals surface area contributed by atoms with Crippen molar-refractivity contribution < 1.29 is 14.3 Å². The second-order valence-electron chi connectivity index (χ2n) is 6.71. The first-order valence-corrected chi connectivity index (χ1v) is 10.6. The zero-order chi connectivity index (χ0) is 23.5. The predicted octanol–water partition coefficient (Wildman–Crippen LogP) is 4.62. The molecular weight excluding hydrogens is 424 g/mol. The van der Waals surface area contributed by atoms with E-state index in [-0.39, 0.29) is 11.8 Å². The average molecular weight is 453 g/mol. The van der Waals surface area contributed by atoms with E-state index in [1.165, 1.54) is 12.7 Å². The molecule has 1 unspecified atom stereocenters. The quantitative estimate of drug-likeness (QED) is 0.171. The van der Waals surface area contributed by atoms with Gasteiger partial charge in [0, 0.05) is 34.9 Å². The monoisotopic (exact) mass is 452 g/mol. The molecule has 0 aliphatic heterocycles. The lowest BCUT2D eigenvalue weighted by atomic mass is 10.00. The largest absolute Gasteiger partial charge is 0.494 e. The van der Waals surface area contributed by atoms with Gasteiger partial charge in [0.2, 0.25) is 6.41 Å². The van der Waals surface area contributed by atoms with Crippen molar-refractivity contribution in [3.8, 4) is 5.75 Å². The molecule has 7 nitrogen and oxygen atoms in total. The molecule has 0 aliphatic rings. The first-order chi connectivity index (χ1) is 15.4. The van der Waals surface area contributed by atoms with E-state index in [9.17, 15) is 4.79 Å². The number of carbonyl (C=O) groups excluding carboxylic acids is 1. The third kappa shape index (κ3) is 6.58. The van der Waals surface area contributed by atoms with Crippen molar-refractivity contribution >= 4 is 35.4 Å². The van der Waals surface area contributed by atoms with Gasteiger partial charge in [-0.05, 0) is 42.6 Å². The minimum Gasteiger partial charge on any atom is -0.494 e. The van der Waals surface area contributed by atoms with E-state index in [1.54, 1.807) is 25.3 Å². The van der Waals surface area contributed by atoms with Crippen molar-refractivity contribution in [2.24, 2.45) is 5.14 Å². The average Bonchev–Trinajstić information content (AvgIpc) is 2.85. The van der Waals surface area contributed by atoms with E-state index in [1.807, 2.05) is 43.3 Å². The van der Waals surface area contributed by atoms with Crippen LogP contribution >= 0.6 is 11.9 Å². The fraction of sp³-hybridized carbons (Fsp3) is 0.167. The summed E-state index contributed by atoms with van der Waals surface area (Å²) >= 11 is 1.11. The third-order valence-electron chi connectivity index (χ3n) is 4.74. The molecule has 0 spiro atoms. The van der Waals surface area contributed by atoms with E-state index in [2.05, 4.69) is 17.4 Å². The van der Waals surface area contributed by atoms with Crippen LogP contribution in [0.2, 0.25) is 0 Å². The lowest BCUT2D eigenvalue weighted by Crippen LogP contribution is -2.08. The van der Waals surface area contributed by atoms with Crippen molar-refractivity contribution in [2.45, 2.75) is 17.9 Å². The summed E-state index contributed by atoms with van der Waals surface area (Å²) in [6, 6.07) is 20.7. The Bertz CT molecular complexity index is 1040. The molecule has 0 heterocycles. The number of carbonyl (C=O) groups is 1. The molecule has 3 rings (SSSR count). The Labute approximate surface area is 192 Å². The maximum absolute atomic E-state index is 10.7. The van der Waals surface area contributed by atoms with Crippen molar-refractivity contribution in [3.05, 3.63) is 83.4 Å². The van der Waals surface area contributed by atoms with Gasteiger partial charge in [-0.3, -0.25) is 15.3 Å². The number of nitrogens with one attached hydrogen (secondary N) is 2. The van der Waals surface area contributed by atoms with Gasteiger partial charge in [0.25, 0.3) is 0 Å². The highest BCUT2D eigenvalue weighted by Crippen LogP contribution is 2.31. The summed E-state index contributed by atoms with van der Waals surface area (Å²) in [5.41, 5.74) is 9.51. The molecule has 6 N–H and O–H groups in total. The number of hydrogen-bond donors (Lipinski definition) is 4. The summed E-state index contributed by atoms with van der Waals surface area (Å²) in [5.74, 6) is 0.437. The van der Waals surface area contributed by atoms with Crippen LogP contribution in [-0.2, 0) is 9.53 Å². The number of nitrogens with two attached hydrogens (primary N) is 2. The SMILES string of the molecule is COC(C)c1ccccc1.COc1cc(N)c(C(=N)c2cccc(SN)c2)cc1NC=O. The number of hydrogen-bond acceptors (Lipinski definition) is 7. The zero-order valence-electron chi connectivity index (χ0n) is 18.3. The predicted molar refractivity (Wildman–Crippen MR) is 131 cm³/mol. The Morgan fingerprint density at radius 1 is 1.09 bits per heavy atom. The van der Waals surface area contributed by atoms with E-state index in [0.29, 0.717) is 34.7 Å². The Morgan fingerprint density at radius 2 is 1.81 bits per heavy atom. The van der Waals surface area contributed by atoms with Crippen LogP contribution < -0.4 is 20.9 Å². The van der Waals surface area contributed by atoms with Crippen LogP contribution in [0.15, 0.2) is 71.6 Å². The number of amides is 1. The van der Waals surface area contributed by atoms with Gasteiger partial charge >= 0.3 is 0 Å². The van der Waals surface area contributed by atoms with Crippen LogP contribution in [0.4, 0.5) is 11.4 Å². The smallest absolute Gasteiger partial charge is 0.211 e. The second-order valence-corrected chi connectivity index (χ2v) is 7.42. The molecule has 1 atom stereocenters. The number of anilines is 2. The van der Waals surface area contributed by atoms with Crippen molar-refractivity contribution in [1.82, 2.24) is 0 Å². The summed E-state index contributed by atoms with van der Waals surface area (Å²) in [4.78, 5) is 11.5. The highest BCUT2D eigenvalue weighted by Gasteiger charge is 2.14. The Hall–Kier alpha value is -3.33. The maximum atomic E-state index is 10.7.